The van der Waals surface area contributed by atoms with E-state index in [2.05, 4.69) is 15.9 Å². The molecule has 0 saturated carbocycles. The summed E-state index contributed by atoms with van der Waals surface area (Å²) in [5.74, 6) is 0.781. The van der Waals surface area contributed by atoms with E-state index < -0.39 is 9.84 Å². The molecule has 0 rings (SSSR count). The zero-order valence-corrected chi connectivity index (χ0v) is 8.70. The van der Waals surface area contributed by atoms with E-state index in [0.717, 1.165) is 5.33 Å². The van der Waals surface area contributed by atoms with Crippen molar-refractivity contribution in [2.24, 2.45) is 5.92 Å². The smallest absolute Gasteiger partial charge is 0.150 e. The highest BCUT2D eigenvalue weighted by molar-refractivity contribution is 9.09. The van der Waals surface area contributed by atoms with Crippen LogP contribution in [0.4, 0.5) is 0 Å². The molecule has 4 heteroatoms. The molecule has 10 heavy (non-hydrogen) atoms. The lowest BCUT2D eigenvalue weighted by atomic mass is 10.3. The van der Waals surface area contributed by atoms with Gasteiger partial charge in [-0.1, -0.05) is 29.8 Å². The van der Waals surface area contributed by atoms with Crippen molar-refractivity contribution < 1.29 is 8.42 Å². The molecule has 1 atom stereocenters. The number of hydrogen-bond donors (Lipinski definition) is 0. The van der Waals surface area contributed by atoms with Crippen LogP contribution in [-0.4, -0.2) is 25.3 Å². The lowest BCUT2D eigenvalue weighted by Crippen LogP contribution is -2.16. The maximum Gasteiger partial charge on any atom is 0.150 e. The SMILES string of the molecule is CCS(=O)(=O)CC(C)CBr. The fourth-order valence-corrected chi connectivity index (χ4v) is 2.35. The first-order valence-electron chi connectivity index (χ1n) is 3.28. The highest BCUT2D eigenvalue weighted by atomic mass is 79.9. The highest BCUT2D eigenvalue weighted by Gasteiger charge is 2.11. The Kier molecular flexibility index (Phi) is 4.52. The van der Waals surface area contributed by atoms with Gasteiger partial charge in [0.25, 0.3) is 0 Å². The largest absolute Gasteiger partial charge is 0.229 e. The van der Waals surface area contributed by atoms with Gasteiger partial charge in [0.1, 0.15) is 9.84 Å². The number of alkyl halides is 1. The Morgan fingerprint density at radius 3 is 2.30 bits per heavy atom. The van der Waals surface area contributed by atoms with E-state index in [0.29, 0.717) is 5.75 Å². The summed E-state index contributed by atoms with van der Waals surface area (Å²) in [4.78, 5) is 0. The van der Waals surface area contributed by atoms with Gasteiger partial charge in [-0.25, -0.2) is 8.42 Å². The standard InChI is InChI=1S/C6H13BrO2S/c1-3-10(8,9)5-6(2)4-7/h6H,3-5H2,1-2H3. The average Bonchev–Trinajstić information content (AvgIpc) is 1.87. The predicted octanol–water partition coefficient (Wildman–Crippen LogP) is 1.45. The van der Waals surface area contributed by atoms with Crippen LogP contribution in [0.3, 0.4) is 0 Å². The van der Waals surface area contributed by atoms with E-state index in [1.807, 2.05) is 6.92 Å². The van der Waals surface area contributed by atoms with Crippen molar-refractivity contribution in [3.8, 4) is 0 Å². The summed E-state index contributed by atoms with van der Waals surface area (Å²) < 4.78 is 21.9. The maximum atomic E-state index is 10.9. The van der Waals surface area contributed by atoms with E-state index in [-0.39, 0.29) is 11.7 Å². The summed E-state index contributed by atoms with van der Waals surface area (Å²) in [6.45, 7) is 3.60. The van der Waals surface area contributed by atoms with E-state index in [9.17, 15) is 8.42 Å². The molecular weight excluding hydrogens is 216 g/mol. The van der Waals surface area contributed by atoms with Gasteiger partial charge in [0, 0.05) is 11.1 Å². The van der Waals surface area contributed by atoms with Crippen molar-refractivity contribution in [1.29, 1.82) is 0 Å². The Morgan fingerprint density at radius 2 is 2.00 bits per heavy atom. The molecule has 0 aliphatic rings. The van der Waals surface area contributed by atoms with Crippen molar-refractivity contribution in [1.82, 2.24) is 0 Å². The first-order chi connectivity index (χ1) is 4.52. The monoisotopic (exact) mass is 228 g/mol. The summed E-state index contributed by atoms with van der Waals surface area (Å²) in [6.07, 6.45) is 0. The second-order valence-electron chi connectivity index (χ2n) is 2.46. The van der Waals surface area contributed by atoms with E-state index in [1.165, 1.54) is 0 Å². The summed E-state index contributed by atoms with van der Waals surface area (Å²) in [6, 6.07) is 0. The third-order valence-corrected chi connectivity index (χ3v) is 4.30. The molecule has 0 aliphatic carbocycles. The molecule has 0 spiro atoms. The quantitative estimate of drug-likeness (QED) is 0.684. The van der Waals surface area contributed by atoms with Crippen molar-refractivity contribution >= 4 is 25.8 Å². The van der Waals surface area contributed by atoms with Gasteiger partial charge in [-0.05, 0) is 5.92 Å². The van der Waals surface area contributed by atoms with Gasteiger partial charge < -0.3 is 0 Å². The molecule has 0 aromatic carbocycles. The topological polar surface area (TPSA) is 34.1 Å². The number of halogens is 1. The lowest BCUT2D eigenvalue weighted by molar-refractivity contribution is 0.585. The summed E-state index contributed by atoms with van der Waals surface area (Å²) in [5.41, 5.74) is 0. The van der Waals surface area contributed by atoms with Crippen LogP contribution >= 0.6 is 15.9 Å². The molecule has 0 aromatic heterocycles. The summed E-state index contributed by atoms with van der Waals surface area (Å²) in [7, 11) is -2.76. The van der Waals surface area contributed by atoms with E-state index >= 15 is 0 Å². The Morgan fingerprint density at radius 1 is 1.50 bits per heavy atom. The van der Waals surface area contributed by atoms with E-state index in [4.69, 9.17) is 0 Å². The minimum Gasteiger partial charge on any atom is -0.229 e. The second kappa shape index (κ2) is 4.34. The van der Waals surface area contributed by atoms with Crippen LogP contribution in [0.2, 0.25) is 0 Å². The fourth-order valence-electron chi connectivity index (χ4n) is 0.596. The molecule has 0 amide bonds. The molecule has 0 heterocycles. The first-order valence-corrected chi connectivity index (χ1v) is 6.22. The van der Waals surface area contributed by atoms with Crippen LogP contribution < -0.4 is 0 Å². The Bertz CT molecular complexity index is 174. The molecule has 2 nitrogen and oxygen atoms in total. The highest BCUT2D eigenvalue weighted by Crippen LogP contribution is 2.04. The lowest BCUT2D eigenvalue weighted by Gasteiger charge is -2.05. The molecule has 0 bridgehead atoms. The van der Waals surface area contributed by atoms with Crippen molar-refractivity contribution in [3.05, 3.63) is 0 Å². The van der Waals surface area contributed by atoms with Crippen LogP contribution in [-0.2, 0) is 9.84 Å². The van der Waals surface area contributed by atoms with E-state index in [1.54, 1.807) is 6.92 Å². The molecule has 1 unspecified atom stereocenters. The average molecular weight is 229 g/mol. The summed E-state index contributed by atoms with van der Waals surface area (Å²) >= 11 is 3.23. The predicted molar refractivity (Wildman–Crippen MR) is 47.3 cm³/mol. The van der Waals surface area contributed by atoms with Crippen LogP contribution in [0.5, 0.6) is 0 Å². The minimum absolute atomic E-state index is 0.227. The first kappa shape index (κ1) is 10.4. The third kappa shape index (κ3) is 4.28. The van der Waals surface area contributed by atoms with Gasteiger partial charge in [-0.3, -0.25) is 0 Å². The minimum atomic E-state index is -2.76. The van der Waals surface area contributed by atoms with Crippen molar-refractivity contribution in [2.75, 3.05) is 16.8 Å². The molecule has 0 radical (unpaired) electrons. The van der Waals surface area contributed by atoms with Crippen LogP contribution in [0.25, 0.3) is 0 Å². The molecule has 0 saturated heterocycles. The normalized spacial score (nSPS) is 15.1. The Labute approximate surface area is 71.1 Å². The molecular formula is C6H13BrO2S. The number of sulfone groups is 1. The molecule has 0 aromatic rings. The molecule has 0 fully saturated rings. The van der Waals surface area contributed by atoms with Gasteiger partial charge in [0.2, 0.25) is 0 Å². The zero-order chi connectivity index (χ0) is 8.20. The Balaban J connectivity index is 3.90. The third-order valence-electron chi connectivity index (χ3n) is 1.24. The zero-order valence-electron chi connectivity index (χ0n) is 6.30. The van der Waals surface area contributed by atoms with Gasteiger partial charge in [-0.15, -0.1) is 0 Å². The van der Waals surface area contributed by atoms with Crippen molar-refractivity contribution in [2.45, 2.75) is 13.8 Å². The number of rotatable bonds is 4. The van der Waals surface area contributed by atoms with Crippen LogP contribution in [0.1, 0.15) is 13.8 Å². The van der Waals surface area contributed by atoms with Gasteiger partial charge in [-0.2, -0.15) is 0 Å². The van der Waals surface area contributed by atoms with Crippen LogP contribution in [0.15, 0.2) is 0 Å². The molecule has 0 aliphatic heterocycles. The van der Waals surface area contributed by atoms with Gasteiger partial charge in [0.15, 0.2) is 0 Å². The molecule has 0 N–H and O–H groups in total. The van der Waals surface area contributed by atoms with Gasteiger partial charge in [0.05, 0.1) is 5.75 Å². The summed E-state index contributed by atoms with van der Waals surface area (Å²) in [5, 5.41) is 0.756. The maximum absolute atomic E-state index is 10.9. The number of hydrogen-bond acceptors (Lipinski definition) is 2. The molecule has 62 valence electrons. The second-order valence-corrected chi connectivity index (χ2v) is 5.50. The van der Waals surface area contributed by atoms with Gasteiger partial charge >= 0.3 is 0 Å². The fraction of sp³-hybridized carbons (Fsp3) is 1.00. The van der Waals surface area contributed by atoms with Crippen molar-refractivity contribution in [3.63, 3.8) is 0 Å². The van der Waals surface area contributed by atoms with Crippen LogP contribution in [0, 0.1) is 5.92 Å². The Hall–Kier alpha value is 0.430.